The first-order valence-electron chi connectivity index (χ1n) is 14.9. The highest BCUT2D eigenvalue weighted by Crippen LogP contribution is 2.40. The molecule has 42 heavy (non-hydrogen) atoms. The van der Waals surface area contributed by atoms with Crippen LogP contribution in [0.5, 0.6) is 11.5 Å². The Morgan fingerprint density at radius 2 is 1.45 bits per heavy atom. The molecule has 0 saturated heterocycles. The lowest BCUT2D eigenvalue weighted by Gasteiger charge is -2.51. The minimum Gasteiger partial charge on any atom is -0.558 e. The maximum atomic E-state index is 12.7. The molecular formula is C35H50N2O4Si-. The molecule has 2 atom stereocenters. The van der Waals surface area contributed by atoms with Crippen molar-refractivity contribution in [3.05, 3.63) is 95.1 Å². The van der Waals surface area contributed by atoms with E-state index in [9.17, 15) is 15.0 Å². The summed E-state index contributed by atoms with van der Waals surface area (Å²) in [7, 11) is -2.15. The van der Waals surface area contributed by atoms with Crippen molar-refractivity contribution in [1.82, 2.24) is 10.6 Å². The third-order valence-corrected chi connectivity index (χ3v) is 12.8. The Kier molecular flexibility index (Phi) is 11.0. The van der Waals surface area contributed by atoms with E-state index in [1.807, 2.05) is 30.3 Å². The standard InChI is InChI=1S/C35H50N2O4Si/c1-25(28-15-10-9-11-16-28)23-36-33(40)18-26-13-12-14-27(17-26)22-35(5,6)37-24-32(41-42(7,8)34(2,3)4)29-19-30(38)21-31(39)20-29/h9-17,19-21,25,32,37-39H,18,22-24H2,1-8H3,(H,36,40)/q-1/t25-,32-/m0/s1. The third-order valence-electron chi connectivity index (χ3n) is 8.28. The first kappa shape index (κ1) is 33.4. The van der Waals surface area contributed by atoms with Crippen LogP contribution in [-0.4, -0.2) is 43.1 Å². The van der Waals surface area contributed by atoms with Crippen molar-refractivity contribution in [2.45, 2.75) is 90.1 Å². The number of nitrogens with one attached hydrogen (secondary N) is 2. The van der Waals surface area contributed by atoms with Gasteiger partial charge in [0.25, 0.3) is 0 Å². The van der Waals surface area contributed by atoms with Crippen molar-refractivity contribution in [2.24, 2.45) is 0 Å². The molecule has 0 bridgehead atoms. The van der Waals surface area contributed by atoms with Crippen molar-refractivity contribution >= 4 is 14.2 Å². The number of phenolic OH excluding ortho intramolecular Hbond substituents is 2. The normalized spacial score (nSPS) is 13.9. The van der Waals surface area contributed by atoms with Gasteiger partial charge >= 0.3 is 0 Å². The summed E-state index contributed by atoms with van der Waals surface area (Å²) in [5.74, 6) is 0.306. The fraction of sp³-hybridized carbons (Fsp3) is 0.457. The molecule has 3 aromatic carbocycles. The van der Waals surface area contributed by atoms with Gasteiger partial charge in [-0.3, -0.25) is 4.79 Å². The number of phenols is 2. The maximum Gasteiger partial charge on any atom is 0.224 e. The van der Waals surface area contributed by atoms with E-state index in [2.05, 4.69) is 89.5 Å². The SMILES string of the molecule is C[C@@H](CNC(=O)Cc1cccc(CC(C)(C)NC[C@H](O[Si-](C)(C)C(C)(C)C)c2cc(O)cc(O)c2)c1)c1ccccc1. The average molecular weight is 591 g/mol. The molecule has 3 aromatic rings. The summed E-state index contributed by atoms with van der Waals surface area (Å²) >= 11 is 0. The van der Waals surface area contributed by atoms with Crippen LogP contribution in [0.1, 0.15) is 75.8 Å². The maximum absolute atomic E-state index is 12.7. The Morgan fingerprint density at radius 3 is 2.07 bits per heavy atom. The van der Waals surface area contributed by atoms with E-state index in [1.165, 1.54) is 11.6 Å². The van der Waals surface area contributed by atoms with E-state index in [-0.39, 0.29) is 40.0 Å². The molecule has 0 fully saturated rings. The first-order valence-corrected chi connectivity index (χ1v) is 17.8. The largest absolute Gasteiger partial charge is 0.558 e. The Morgan fingerprint density at radius 1 is 0.833 bits per heavy atom. The molecule has 0 unspecified atom stereocenters. The van der Waals surface area contributed by atoms with Crippen LogP contribution in [0.15, 0.2) is 72.8 Å². The first-order chi connectivity index (χ1) is 19.5. The predicted octanol–water partition coefficient (Wildman–Crippen LogP) is 7.23. The van der Waals surface area contributed by atoms with Crippen LogP contribution in [0, 0.1) is 0 Å². The molecule has 0 aromatic heterocycles. The number of carbonyl (C=O) groups excluding carboxylic acids is 1. The lowest BCUT2D eigenvalue weighted by Crippen LogP contribution is -2.47. The van der Waals surface area contributed by atoms with Gasteiger partial charge in [0.2, 0.25) is 5.91 Å². The molecule has 1 amide bonds. The monoisotopic (exact) mass is 590 g/mol. The van der Waals surface area contributed by atoms with Gasteiger partial charge in [-0.1, -0.05) is 82.3 Å². The molecule has 0 spiro atoms. The number of hydrogen-bond donors (Lipinski definition) is 4. The fourth-order valence-corrected chi connectivity index (χ4v) is 6.05. The smallest absolute Gasteiger partial charge is 0.224 e. The molecule has 0 saturated carbocycles. The van der Waals surface area contributed by atoms with E-state index >= 15 is 0 Å². The van der Waals surface area contributed by atoms with Gasteiger partial charge in [-0.15, -0.1) is 18.1 Å². The van der Waals surface area contributed by atoms with E-state index < -0.39 is 8.32 Å². The predicted molar refractivity (Wildman–Crippen MR) is 175 cm³/mol. The second-order valence-corrected chi connectivity index (χ2v) is 18.5. The lowest BCUT2D eigenvalue weighted by molar-refractivity contribution is -0.120. The Labute approximate surface area is 253 Å². The van der Waals surface area contributed by atoms with Crippen LogP contribution in [0.3, 0.4) is 0 Å². The van der Waals surface area contributed by atoms with Gasteiger partial charge in [0.05, 0.1) is 12.5 Å². The van der Waals surface area contributed by atoms with E-state index in [0.717, 1.165) is 23.1 Å². The van der Waals surface area contributed by atoms with Gasteiger partial charge in [-0.2, -0.15) is 0 Å². The van der Waals surface area contributed by atoms with Crippen LogP contribution in [0.25, 0.3) is 0 Å². The summed E-state index contributed by atoms with van der Waals surface area (Å²) < 4.78 is 6.78. The topological polar surface area (TPSA) is 90.8 Å². The minimum atomic E-state index is -2.15. The summed E-state index contributed by atoms with van der Waals surface area (Å²) in [4.78, 5) is 12.7. The molecule has 0 radical (unpaired) electrons. The van der Waals surface area contributed by atoms with Gasteiger partial charge in [0.1, 0.15) is 11.5 Å². The van der Waals surface area contributed by atoms with Crippen molar-refractivity contribution in [2.75, 3.05) is 13.1 Å². The van der Waals surface area contributed by atoms with Crippen LogP contribution in [-0.2, 0) is 22.1 Å². The van der Waals surface area contributed by atoms with E-state index in [1.54, 1.807) is 12.1 Å². The van der Waals surface area contributed by atoms with Crippen LogP contribution in [0.4, 0.5) is 0 Å². The molecule has 229 valence electrons. The Balaban J connectivity index is 1.64. The van der Waals surface area contributed by atoms with Crippen LogP contribution < -0.4 is 10.6 Å². The zero-order valence-corrected chi connectivity index (χ0v) is 27.6. The molecule has 0 aliphatic heterocycles. The van der Waals surface area contributed by atoms with Gasteiger partial charge in [0, 0.05) is 24.7 Å². The van der Waals surface area contributed by atoms with Crippen molar-refractivity contribution in [1.29, 1.82) is 0 Å². The van der Waals surface area contributed by atoms with Crippen molar-refractivity contribution in [3.63, 3.8) is 0 Å². The highest BCUT2D eigenvalue weighted by molar-refractivity contribution is 6.74. The highest BCUT2D eigenvalue weighted by atomic mass is 28.4. The summed E-state index contributed by atoms with van der Waals surface area (Å²) in [6.45, 7) is 18.6. The van der Waals surface area contributed by atoms with E-state index in [4.69, 9.17) is 4.43 Å². The van der Waals surface area contributed by atoms with Gasteiger partial charge < -0.3 is 25.3 Å². The second-order valence-electron chi connectivity index (χ2n) is 13.7. The minimum absolute atomic E-state index is 0.00591. The number of rotatable bonds is 13. The Hall–Kier alpha value is -3.13. The van der Waals surface area contributed by atoms with Crippen molar-refractivity contribution in [3.8, 4) is 11.5 Å². The molecule has 0 heterocycles. The quantitative estimate of drug-likeness (QED) is 0.158. The number of benzene rings is 3. The number of amides is 1. The average Bonchev–Trinajstić information content (AvgIpc) is 2.89. The van der Waals surface area contributed by atoms with Gasteiger partial charge in [-0.05, 0) is 68.9 Å². The fourth-order valence-electron chi connectivity index (χ4n) is 4.77. The lowest BCUT2D eigenvalue weighted by atomic mass is 9.93. The number of aromatic hydroxyl groups is 2. The summed E-state index contributed by atoms with van der Waals surface area (Å²) in [5, 5.41) is 27.1. The zero-order valence-electron chi connectivity index (χ0n) is 26.6. The van der Waals surface area contributed by atoms with Crippen molar-refractivity contribution < 1.29 is 19.4 Å². The van der Waals surface area contributed by atoms with Gasteiger partial charge in [-0.25, -0.2) is 0 Å². The molecule has 4 N–H and O–H groups in total. The summed E-state index contributed by atoms with van der Waals surface area (Å²) in [5.41, 5.74) is 3.82. The molecule has 0 aliphatic carbocycles. The molecular weight excluding hydrogens is 540 g/mol. The summed E-state index contributed by atoms with van der Waals surface area (Å²) in [6, 6.07) is 23.1. The van der Waals surface area contributed by atoms with E-state index in [0.29, 0.717) is 19.5 Å². The van der Waals surface area contributed by atoms with Gasteiger partial charge in [0.15, 0.2) is 0 Å². The molecule has 7 heteroatoms. The zero-order chi connectivity index (χ0) is 31.1. The third kappa shape index (κ3) is 10.0. The molecule has 0 aliphatic rings. The summed E-state index contributed by atoms with van der Waals surface area (Å²) in [6.07, 6.45) is 0.759. The molecule has 6 nitrogen and oxygen atoms in total. The van der Waals surface area contributed by atoms with Crippen LogP contribution >= 0.6 is 0 Å². The van der Waals surface area contributed by atoms with Crippen LogP contribution in [0.2, 0.25) is 18.1 Å². The molecule has 3 rings (SSSR count). The Bertz CT molecular complexity index is 1300. The number of hydrogen-bond acceptors (Lipinski definition) is 5. The highest BCUT2D eigenvalue weighted by Gasteiger charge is 2.29. The second kappa shape index (κ2) is 13.9. The number of carbonyl (C=O) groups is 1.